The molecule has 0 aromatic carbocycles. The lowest BCUT2D eigenvalue weighted by molar-refractivity contribution is 0.585. The third kappa shape index (κ3) is 2.49. The van der Waals surface area contributed by atoms with Crippen LogP contribution in [0.15, 0.2) is 23.1 Å². The van der Waals surface area contributed by atoms with Gasteiger partial charge in [0.1, 0.15) is 5.82 Å². The summed E-state index contributed by atoms with van der Waals surface area (Å²) in [4.78, 5) is 16.3. The highest BCUT2D eigenvalue weighted by Gasteiger charge is 2.10. The maximum Gasteiger partial charge on any atom is 0.183 e. The fraction of sp³-hybridized carbons (Fsp3) is 0.444. The first kappa shape index (κ1) is 11.1. The molecule has 1 aliphatic rings. The zero-order valence-corrected chi connectivity index (χ0v) is 8.64. The van der Waals surface area contributed by atoms with Gasteiger partial charge in [-0.3, -0.25) is 4.79 Å². The van der Waals surface area contributed by atoms with Crippen LogP contribution in [0.5, 0.6) is 0 Å². The molecule has 2 N–H and O–H groups in total. The van der Waals surface area contributed by atoms with Crippen molar-refractivity contribution < 1.29 is 0 Å². The van der Waals surface area contributed by atoms with Crippen molar-refractivity contribution in [2.75, 3.05) is 31.1 Å². The van der Waals surface area contributed by atoms with E-state index < -0.39 is 0 Å². The summed E-state index contributed by atoms with van der Waals surface area (Å²) in [5.41, 5.74) is 0.0623. The highest BCUT2D eigenvalue weighted by atomic mass is 35.5. The lowest BCUT2D eigenvalue weighted by Gasteiger charge is -2.28. The van der Waals surface area contributed by atoms with Crippen LogP contribution in [0.3, 0.4) is 0 Å². The molecule has 78 valence electrons. The second kappa shape index (κ2) is 5.02. The summed E-state index contributed by atoms with van der Waals surface area (Å²) < 4.78 is 0. The van der Waals surface area contributed by atoms with E-state index in [4.69, 9.17) is 0 Å². The van der Waals surface area contributed by atoms with E-state index in [0.717, 1.165) is 32.0 Å². The van der Waals surface area contributed by atoms with E-state index >= 15 is 0 Å². The molecule has 0 saturated carbocycles. The molecule has 14 heavy (non-hydrogen) atoms. The minimum Gasteiger partial charge on any atom is -0.356 e. The number of nitrogens with zero attached hydrogens (tertiary/aromatic N) is 1. The normalized spacial score (nSPS) is 16.1. The summed E-state index contributed by atoms with van der Waals surface area (Å²) >= 11 is 0. The lowest BCUT2D eigenvalue weighted by Crippen LogP contribution is -2.44. The number of anilines is 1. The van der Waals surface area contributed by atoms with Gasteiger partial charge < -0.3 is 15.2 Å². The van der Waals surface area contributed by atoms with E-state index in [9.17, 15) is 4.79 Å². The van der Waals surface area contributed by atoms with Gasteiger partial charge in [-0.1, -0.05) is 0 Å². The van der Waals surface area contributed by atoms with E-state index in [1.54, 1.807) is 12.3 Å². The molecule has 1 saturated heterocycles. The standard InChI is InChI=1S/C9H13N3O.ClH/c13-8-1-2-11-9(7-8)12-5-3-10-4-6-12;/h1-2,7,10H,3-6H2,(H,11,13);1H. The number of piperazine rings is 1. The van der Waals surface area contributed by atoms with Gasteiger partial charge in [0.25, 0.3) is 0 Å². The van der Waals surface area contributed by atoms with Crippen LogP contribution >= 0.6 is 12.4 Å². The van der Waals surface area contributed by atoms with Gasteiger partial charge in [0.2, 0.25) is 0 Å². The minimum absolute atomic E-state index is 0. The Kier molecular flexibility index (Phi) is 3.98. The van der Waals surface area contributed by atoms with Gasteiger partial charge in [0.15, 0.2) is 5.43 Å². The third-order valence-corrected chi connectivity index (χ3v) is 2.22. The average molecular weight is 216 g/mol. The molecule has 1 aromatic rings. The Balaban J connectivity index is 0.000000980. The molecular formula is C9H14ClN3O. The number of aromatic amines is 1. The fourth-order valence-corrected chi connectivity index (χ4v) is 1.52. The van der Waals surface area contributed by atoms with Crippen LogP contribution in [0.2, 0.25) is 0 Å². The largest absolute Gasteiger partial charge is 0.356 e. The average Bonchev–Trinajstić information content (AvgIpc) is 2.19. The number of pyridine rings is 1. The first-order valence-corrected chi connectivity index (χ1v) is 4.51. The van der Waals surface area contributed by atoms with Crippen molar-refractivity contribution in [2.24, 2.45) is 0 Å². The lowest BCUT2D eigenvalue weighted by atomic mass is 10.3. The van der Waals surface area contributed by atoms with E-state index in [1.807, 2.05) is 0 Å². The molecule has 1 aromatic heterocycles. The number of H-pyrrole nitrogens is 1. The Morgan fingerprint density at radius 1 is 1.29 bits per heavy atom. The Morgan fingerprint density at radius 2 is 2.00 bits per heavy atom. The van der Waals surface area contributed by atoms with Gasteiger partial charge in [-0.25, -0.2) is 0 Å². The number of aromatic nitrogens is 1. The first-order chi connectivity index (χ1) is 6.36. The number of halogens is 1. The van der Waals surface area contributed by atoms with Crippen molar-refractivity contribution in [1.29, 1.82) is 0 Å². The Labute approximate surface area is 88.7 Å². The van der Waals surface area contributed by atoms with Gasteiger partial charge in [0, 0.05) is 44.5 Å². The van der Waals surface area contributed by atoms with Gasteiger partial charge in [-0.05, 0) is 0 Å². The predicted octanol–water partition coefficient (Wildman–Crippen LogP) is 0.206. The molecule has 1 aliphatic heterocycles. The summed E-state index contributed by atoms with van der Waals surface area (Å²) in [6.45, 7) is 3.88. The highest BCUT2D eigenvalue weighted by Crippen LogP contribution is 2.06. The second-order valence-corrected chi connectivity index (χ2v) is 3.15. The van der Waals surface area contributed by atoms with Crippen LogP contribution in [0.1, 0.15) is 0 Å². The summed E-state index contributed by atoms with van der Waals surface area (Å²) in [6.07, 6.45) is 1.69. The van der Waals surface area contributed by atoms with E-state index in [2.05, 4.69) is 15.2 Å². The fourth-order valence-electron chi connectivity index (χ4n) is 1.52. The molecule has 0 bridgehead atoms. The summed E-state index contributed by atoms with van der Waals surface area (Å²) in [5, 5.41) is 3.27. The molecule has 2 heterocycles. The molecule has 0 unspecified atom stereocenters. The van der Waals surface area contributed by atoms with Gasteiger partial charge >= 0.3 is 0 Å². The molecule has 0 radical (unpaired) electrons. The van der Waals surface area contributed by atoms with Crippen LogP contribution in [-0.4, -0.2) is 31.2 Å². The maximum absolute atomic E-state index is 11.1. The van der Waals surface area contributed by atoms with Crippen LogP contribution in [0.4, 0.5) is 5.82 Å². The number of nitrogens with one attached hydrogen (secondary N) is 2. The van der Waals surface area contributed by atoms with E-state index in [0.29, 0.717) is 0 Å². The van der Waals surface area contributed by atoms with Crippen LogP contribution in [-0.2, 0) is 0 Å². The molecule has 0 spiro atoms. The Bertz CT molecular complexity index is 333. The smallest absolute Gasteiger partial charge is 0.183 e. The molecular weight excluding hydrogens is 202 g/mol. The SMILES string of the molecule is Cl.O=c1cc[nH]c(N2CCNCC2)c1. The molecule has 4 nitrogen and oxygen atoms in total. The molecule has 0 aliphatic carbocycles. The van der Waals surface area contributed by atoms with Crippen LogP contribution in [0, 0.1) is 0 Å². The second-order valence-electron chi connectivity index (χ2n) is 3.15. The summed E-state index contributed by atoms with van der Waals surface area (Å²) in [5.74, 6) is 0.925. The first-order valence-electron chi connectivity index (χ1n) is 4.51. The molecule has 5 heteroatoms. The van der Waals surface area contributed by atoms with Crippen molar-refractivity contribution in [2.45, 2.75) is 0 Å². The van der Waals surface area contributed by atoms with E-state index in [1.165, 1.54) is 6.07 Å². The Morgan fingerprint density at radius 3 is 2.64 bits per heavy atom. The van der Waals surface area contributed by atoms with Crippen molar-refractivity contribution in [3.05, 3.63) is 28.6 Å². The van der Waals surface area contributed by atoms with Crippen LogP contribution < -0.4 is 15.6 Å². The number of rotatable bonds is 1. The molecule has 2 rings (SSSR count). The topological polar surface area (TPSA) is 48.1 Å². The number of hydrogen-bond donors (Lipinski definition) is 2. The van der Waals surface area contributed by atoms with Gasteiger partial charge in [0.05, 0.1) is 0 Å². The number of hydrogen-bond acceptors (Lipinski definition) is 3. The maximum atomic E-state index is 11.1. The molecule has 0 amide bonds. The minimum atomic E-state index is 0. The van der Waals surface area contributed by atoms with Crippen LogP contribution in [0.25, 0.3) is 0 Å². The molecule has 0 atom stereocenters. The van der Waals surface area contributed by atoms with Gasteiger partial charge in [-0.2, -0.15) is 0 Å². The van der Waals surface area contributed by atoms with Crippen molar-refractivity contribution in [3.8, 4) is 0 Å². The summed E-state index contributed by atoms with van der Waals surface area (Å²) in [7, 11) is 0. The monoisotopic (exact) mass is 215 g/mol. The quantitative estimate of drug-likeness (QED) is 0.704. The Hall–Kier alpha value is -1.00. The van der Waals surface area contributed by atoms with Crippen molar-refractivity contribution in [1.82, 2.24) is 10.3 Å². The summed E-state index contributed by atoms with van der Waals surface area (Å²) in [6, 6.07) is 3.18. The van der Waals surface area contributed by atoms with Crippen molar-refractivity contribution in [3.63, 3.8) is 0 Å². The molecule has 1 fully saturated rings. The highest BCUT2D eigenvalue weighted by molar-refractivity contribution is 5.85. The zero-order chi connectivity index (χ0) is 9.10. The van der Waals surface area contributed by atoms with Gasteiger partial charge in [-0.15, -0.1) is 12.4 Å². The van der Waals surface area contributed by atoms with Crippen molar-refractivity contribution >= 4 is 18.2 Å². The zero-order valence-electron chi connectivity index (χ0n) is 7.82. The predicted molar refractivity (Wildman–Crippen MR) is 59.4 cm³/mol. The van der Waals surface area contributed by atoms with E-state index in [-0.39, 0.29) is 17.8 Å². The third-order valence-electron chi connectivity index (χ3n) is 2.22.